The molecular formula is C46H28F4O6S4. The van der Waals surface area contributed by atoms with Gasteiger partial charge in [-0.3, -0.25) is 19.2 Å². The predicted molar refractivity (Wildman–Crippen MR) is 223 cm³/mol. The van der Waals surface area contributed by atoms with Crippen molar-refractivity contribution in [2.24, 2.45) is 0 Å². The van der Waals surface area contributed by atoms with E-state index in [1.807, 2.05) is 12.1 Å². The molecule has 6 aliphatic rings. The summed E-state index contributed by atoms with van der Waals surface area (Å²) in [5.74, 6) is -5.71. The normalized spacial score (nSPS) is 19.3. The highest BCUT2D eigenvalue weighted by Gasteiger charge is 2.49. The molecule has 6 nitrogen and oxygen atoms in total. The van der Waals surface area contributed by atoms with Crippen molar-refractivity contribution < 1.29 is 46.2 Å². The Morgan fingerprint density at radius 2 is 0.783 bits per heavy atom. The third-order valence-corrected chi connectivity index (χ3v) is 17.9. The van der Waals surface area contributed by atoms with Crippen LogP contribution in [-0.2, 0) is 11.2 Å². The predicted octanol–water partition coefficient (Wildman–Crippen LogP) is 13.0. The lowest BCUT2D eigenvalue weighted by atomic mass is 9.78. The monoisotopic (exact) mass is 880 g/mol. The molecule has 2 saturated carbocycles. The average molecular weight is 881 g/mol. The summed E-state index contributed by atoms with van der Waals surface area (Å²) in [5.41, 5.74) is -0.0716. The van der Waals surface area contributed by atoms with Gasteiger partial charge in [-0.15, -0.1) is 45.3 Å². The summed E-state index contributed by atoms with van der Waals surface area (Å²) in [6, 6.07) is 7.18. The standard InChI is InChI=1S/C46H28F4O6S4/c47-29-15-21-22(16-30(29)48)34(52)25(33(21)51)11-19-13-27-39(57-19)41-37(55-45(27)7-3-1-4-8-45)43-44(59-41)38-42(60-43)40-28(46(56-38)9-5-2-6-10-46)14-20(58-40)12-26-35(53)23-17-31(49)32(50)18-24(23)36(26)54/h11-18H,1-10H2. The number of benzene rings is 2. The third kappa shape index (κ3) is 5.01. The van der Waals surface area contributed by atoms with Crippen LogP contribution >= 0.6 is 45.3 Å². The molecule has 2 fully saturated rings. The number of ketones is 4. The van der Waals surface area contributed by atoms with Crippen LogP contribution in [0.1, 0.15) is 127 Å². The topological polar surface area (TPSA) is 86.7 Å². The van der Waals surface area contributed by atoms with Gasteiger partial charge in [0.15, 0.2) is 57.9 Å². The minimum absolute atomic E-state index is 0.129. The number of hydrogen-bond donors (Lipinski definition) is 0. The van der Waals surface area contributed by atoms with E-state index in [0.717, 1.165) is 140 Å². The average Bonchev–Trinajstić information content (AvgIpc) is 4.08. The quantitative estimate of drug-likeness (QED) is 0.0978. The zero-order valence-corrected chi connectivity index (χ0v) is 34.6. The second-order valence-corrected chi connectivity index (χ2v) is 20.5. The first-order chi connectivity index (χ1) is 28.9. The van der Waals surface area contributed by atoms with Gasteiger partial charge in [-0.25, -0.2) is 17.6 Å². The van der Waals surface area contributed by atoms with E-state index in [1.165, 1.54) is 22.7 Å². The lowest BCUT2D eigenvalue weighted by Crippen LogP contribution is -2.37. The van der Waals surface area contributed by atoms with Crippen LogP contribution in [0.25, 0.3) is 41.1 Å². The molecule has 2 aromatic carbocycles. The van der Waals surface area contributed by atoms with Crippen LogP contribution in [0.3, 0.4) is 0 Å². The van der Waals surface area contributed by atoms with Crippen LogP contribution in [0.5, 0.6) is 11.5 Å². The van der Waals surface area contributed by atoms with Crippen LogP contribution in [0.15, 0.2) is 47.5 Å². The van der Waals surface area contributed by atoms with Gasteiger partial charge in [0.2, 0.25) is 0 Å². The van der Waals surface area contributed by atoms with E-state index in [2.05, 4.69) is 0 Å². The SMILES string of the molecule is O=C1C(=Cc2cc3c(s2)-c2sc4c5c(sc4c2OC32CCCCC2)-c2sc(C=C3C(=O)c4cc(F)c(F)cc4C3=O)cc2C2(CCCCC2)O5)C(=O)c2cc(F)c(F)cc21. The zero-order chi connectivity index (χ0) is 41.0. The van der Waals surface area contributed by atoms with Gasteiger partial charge in [-0.1, -0.05) is 12.8 Å². The summed E-state index contributed by atoms with van der Waals surface area (Å²) < 4.78 is 72.8. The van der Waals surface area contributed by atoms with E-state index in [9.17, 15) is 36.7 Å². The second kappa shape index (κ2) is 12.8. The molecule has 0 bridgehead atoms. The molecule has 14 heteroatoms. The fourth-order valence-electron chi connectivity index (χ4n) is 10.0. The molecule has 2 aliphatic heterocycles. The molecular weight excluding hydrogens is 853 g/mol. The van der Waals surface area contributed by atoms with Crippen LogP contribution in [0, 0.1) is 23.3 Å². The molecule has 2 spiro atoms. The van der Waals surface area contributed by atoms with Gasteiger partial charge >= 0.3 is 0 Å². The molecule has 6 heterocycles. The molecule has 0 saturated heterocycles. The molecule has 12 rings (SSSR count). The van der Waals surface area contributed by atoms with E-state index < -0.39 is 57.6 Å². The molecule has 300 valence electrons. The number of hydrogen-bond acceptors (Lipinski definition) is 10. The highest BCUT2D eigenvalue weighted by molar-refractivity contribution is 7.35. The van der Waals surface area contributed by atoms with Gasteiger partial charge in [0.25, 0.3) is 0 Å². The van der Waals surface area contributed by atoms with Crippen molar-refractivity contribution in [3.05, 3.63) is 114 Å². The summed E-state index contributed by atoms with van der Waals surface area (Å²) in [5, 5.41) is 0. The Kier molecular flexibility index (Phi) is 7.82. The van der Waals surface area contributed by atoms with Gasteiger partial charge in [-0.05, 0) is 99.9 Å². The van der Waals surface area contributed by atoms with Crippen molar-refractivity contribution >= 4 is 90.0 Å². The van der Waals surface area contributed by atoms with E-state index >= 15 is 0 Å². The number of allylic oxidation sites excluding steroid dienone is 2. The molecule has 0 unspecified atom stereocenters. The van der Waals surface area contributed by atoms with Crippen LogP contribution < -0.4 is 9.47 Å². The largest absolute Gasteiger partial charge is 0.479 e. The summed E-state index contributed by atoms with van der Waals surface area (Å²) in [7, 11) is 0. The van der Waals surface area contributed by atoms with Gasteiger partial charge < -0.3 is 9.47 Å². The van der Waals surface area contributed by atoms with Crippen molar-refractivity contribution in [3.8, 4) is 31.0 Å². The van der Waals surface area contributed by atoms with Gasteiger partial charge in [0.1, 0.15) is 11.2 Å². The Morgan fingerprint density at radius 3 is 1.12 bits per heavy atom. The molecule has 4 aromatic heterocycles. The summed E-state index contributed by atoms with van der Waals surface area (Å²) in [6.45, 7) is 0. The number of halogens is 4. The number of carbonyl (C=O) groups excluding carboxylic acids is 4. The van der Waals surface area contributed by atoms with Crippen molar-refractivity contribution in [1.82, 2.24) is 0 Å². The maximum Gasteiger partial charge on any atom is 0.197 e. The summed E-state index contributed by atoms with van der Waals surface area (Å²) >= 11 is 6.11. The van der Waals surface area contributed by atoms with E-state index in [-0.39, 0.29) is 33.4 Å². The van der Waals surface area contributed by atoms with E-state index in [1.54, 1.807) is 34.8 Å². The first-order valence-electron chi connectivity index (χ1n) is 19.8. The Morgan fingerprint density at radius 1 is 0.450 bits per heavy atom. The molecule has 60 heavy (non-hydrogen) atoms. The maximum atomic E-state index is 14.1. The van der Waals surface area contributed by atoms with Gasteiger partial charge in [0.05, 0.1) is 40.1 Å². The lowest BCUT2D eigenvalue weighted by Gasteiger charge is -2.41. The Bertz CT molecular complexity index is 2800. The van der Waals surface area contributed by atoms with E-state index in [4.69, 9.17) is 9.47 Å². The molecule has 4 aliphatic carbocycles. The van der Waals surface area contributed by atoms with Crippen molar-refractivity contribution in [2.45, 2.75) is 75.4 Å². The smallest absolute Gasteiger partial charge is 0.197 e. The van der Waals surface area contributed by atoms with E-state index in [0.29, 0.717) is 9.75 Å². The molecule has 0 radical (unpaired) electrons. The summed E-state index contributed by atoms with van der Waals surface area (Å²) in [4.78, 5) is 58.7. The van der Waals surface area contributed by atoms with Crippen molar-refractivity contribution in [2.75, 3.05) is 0 Å². The zero-order valence-electron chi connectivity index (χ0n) is 31.3. The Labute approximate surface area is 354 Å². The summed E-state index contributed by atoms with van der Waals surface area (Å²) in [6.07, 6.45) is 12.2. The third-order valence-electron chi connectivity index (χ3n) is 12.9. The fourth-order valence-corrected chi connectivity index (χ4v) is 15.3. The first-order valence-corrected chi connectivity index (χ1v) is 23.1. The number of carbonyl (C=O) groups is 4. The number of fused-ring (bicyclic) bond motifs is 13. The fraction of sp³-hybridized carbons (Fsp3) is 0.261. The van der Waals surface area contributed by atoms with Gasteiger partial charge in [0, 0.05) is 43.1 Å². The lowest BCUT2D eigenvalue weighted by molar-refractivity contribution is 0.0258. The number of Topliss-reactive ketones (excluding diaryl/α,β-unsaturated/α-hetero) is 4. The van der Waals surface area contributed by atoms with Crippen molar-refractivity contribution in [3.63, 3.8) is 0 Å². The van der Waals surface area contributed by atoms with Crippen LogP contribution in [-0.4, -0.2) is 23.1 Å². The highest BCUT2D eigenvalue weighted by Crippen LogP contribution is 2.66. The molecule has 0 N–H and O–H groups in total. The number of rotatable bonds is 2. The first kappa shape index (κ1) is 36.8. The second-order valence-electron chi connectivity index (χ2n) is 16.3. The number of thiophene rings is 4. The molecule has 6 aromatic rings. The Balaban J connectivity index is 0.984. The highest BCUT2D eigenvalue weighted by atomic mass is 32.1. The number of ether oxygens (including phenoxy) is 2. The maximum absolute atomic E-state index is 14.1. The minimum Gasteiger partial charge on any atom is -0.479 e. The molecule has 0 atom stereocenters. The minimum atomic E-state index is -1.18. The van der Waals surface area contributed by atoms with Gasteiger partial charge in [-0.2, -0.15) is 0 Å². The van der Waals surface area contributed by atoms with Crippen LogP contribution in [0.4, 0.5) is 17.6 Å². The molecule has 0 amide bonds. The van der Waals surface area contributed by atoms with Crippen LogP contribution in [0.2, 0.25) is 0 Å². The van der Waals surface area contributed by atoms with Crippen molar-refractivity contribution in [1.29, 1.82) is 0 Å². The Hall–Kier alpha value is -5.02.